The van der Waals surface area contributed by atoms with Crippen LogP contribution in [0.4, 0.5) is 5.82 Å². The van der Waals surface area contributed by atoms with E-state index in [1.54, 1.807) is 6.07 Å². The molecule has 2 saturated heterocycles. The lowest BCUT2D eigenvalue weighted by Gasteiger charge is -2.34. The molecular weight excluding hydrogens is 370 g/mol. The van der Waals surface area contributed by atoms with E-state index in [-0.39, 0.29) is 5.91 Å². The number of hydrogen-bond donors (Lipinski definition) is 2. The third-order valence-corrected chi connectivity index (χ3v) is 5.62. The van der Waals surface area contributed by atoms with Gasteiger partial charge in [0.2, 0.25) is 0 Å². The van der Waals surface area contributed by atoms with E-state index < -0.39 is 0 Å². The van der Waals surface area contributed by atoms with E-state index in [1.165, 1.54) is 11.3 Å². The summed E-state index contributed by atoms with van der Waals surface area (Å²) >= 11 is 0. The number of piperidine rings is 1. The van der Waals surface area contributed by atoms with E-state index in [2.05, 4.69) is 35.5 Å². The lowest BCUT2D eigenvalue weighted by Crippen LogP contribution is -2.37. The van der Waals surface area contributed by atoms with E-state index in [0.29, 0.717) is 18.2 Å². The summed E-state index contributed by atoms with van der Waals surface area (Å²) in [7, 11) is 0. The maximum Gasteiger partial charge on any atom is 0.271 e. The number of aromatic amines is 1. The molecule has 4 heterocycles. The molecule has 1 unspecified atom stereocenters. The average molecular weight is 399 g/mol. The molecule has 2 aromatic rings. The van der Waals surface area contributed by atoms with Crippen LogP contribution in [0, 0.1) is 0 Å². The number of anilines is 1. The summed E-state index contributed by atoms with van der Waals surface area (Å²) in [5, 5.41) is 18.8. The van der Waals surface area contributed by atoms with Crippen molar-refractivity contribution < 1.29 is 9.53 Å². The summed E-state index contributed by atoms with van der Waals surface area (Å²) in [6, 6.07) is 3.64. The van der Waals surface area contributed by atoms with E-state index in [1.807, 2.05) is 19.2 Å². The third kappa shape index (κ3) is 4.73. The fourth-order valence-electron chi connectivity index (χ4n) is 4.09. The molecule has 0 spiro atoms. The van der Waals surface area contributed by atoms with Gasteiger partial charge in [0, 0.05) is 56.4 Å². The van der Waals surface area contributed by atoms with Crippen molar-refractivity contribution in [2.45, 2.75) is 32.2 Å². The van der Waals surface area contributed by atoms with Crippen molar-refractivity contribution in [3.63, 3.8) is 0 Å². The molecule has 2 N–H and O–H groups in total. The molecule has 2 fully saturated rings. The first kappa shape index (κ1) is 19.8. The van der Waals surface area contributed by atoms with Crippen LogP contribution in [0.25, 0.3) is 0 Å². The standard InChI is InChI=1S/C20H29N7O2/c1-2-21-20(28)17-5-6-18(24-23-17)27-7-3-4-15(14-27)19-16(12-22-25-19)13-26-8-10-29-11-9-26/h5-6,12,15H,2-4,7-11,13-14H2,1H3,(H,21,28)(H,22,25). The summed E-state index contributed by atoms with van der Waals surface area (Å²) in [6.45, 7) is 8.72. The second-order valence-corrected chi connectivity index (χ2v) is 7.62. The molecule has 2 aliphatic heterocycles. The minimum absolute atomic E-state index is 0.187. The topological polar surface area (TPSA) is 99.3 Å². The van der Waals surface area contributed by atoms with Gasteiger partial charge in [0.15, 0.2) is 11.5 Å². The molecule has 9 nitrogen and oxygen atoms in total. The number of rotatable bonds is 6. The molecular formula is C20H29N7O2. The zero-order valence-corrected chi connectivity index (χ0v) is 16.9. The Morgan fingerprint density at radius 1 is 1.28 bits per heavy atom. The van der Waals surface area contributed by atoms with Crippen LogP contribution >= 0.6 is 0 Å². The predicted octanol–water partition coefficient (Wildman–Crippen LogP) is 1.17. The summed E-state index contributed by atoms with van der Waals surface area (Å²) in [6.07, 6.45) is 4.17. The van der Waals surface area contributed by atoms with Crippen molar-refractivity contribution in [2.24, 2.45) is 0 Å². The van der Waals surface area contributed by atoms with Crippen LogP contribution in [0.5, 0.6) is 0 Å². The monoisotopic (exact) mass is 399 g/mol. The Balaban J connectivity index is 1.42. The van der Waals surface area contributed by atoms with Gasteiger partial charge in [-0.05, 0) is 31.9 Å². The quantitative estimate of drug-likeness (QED) is 0.752. The molecule has 0 aromatic carbocycles. The molecule has 29 heavy (non-hydrogen) atoms. The van der Waals surface area contributed by atoms with Crippen LogP contribution in [0.2, 0.25) is 0 Å². The Morgan fingerprint density at radius 2 is 2.14 bits per heavy atom. The SMILES string of the molecule is CCNC(=O)c1ccc(N2CCCC(c3[nH]ncc3CN3CCOCC3)C2)nn1. The van der Waals surface area contributed by atoms with Gasteiger partial charge in [-0.3, -0.25) is 14.8 Å². The number of carbonyl (C=O) groups excluding carboxylic acids is 1. The highest BCUT2D eigenvalue weighted by atomic mass is 16.5. The Bertz CT molecular complexity index is 801. The molecule has 0 aliphatic carbocycles. The highest BCUT2D eigenvalue weighted by Crippen LogP contribution is 2.30. The molecule has 156 valence electrons. The van der Waals surface area contributed by atoms with E-state index >= 15 is 0 Å². The minimum Gasteiger partial charge on any atom is -0.379 e. The minimum atomic E-state index is -0.187. The normalized spacial score (nSPS) is 20.6. The fourth-order valence-corrected chi connectivity index (χ4v) is 4.09. The maximum atomic E-state index is 11.9. The summed E-state index contributed by atoms with van der Waals surface area (Å²) < 4.78 is 5.46. The Kier molecular flexibility index (Phi) is 6.36. The molecule has 0 saturated carbocycles. The highest BCUT2D eigenvalue weighted by Gasteiger charge is 2.26. The van der Waals surface area contributed by atoms with Crippen LogP contribution in [0.1, 0.15) is 47.4 Å². The van der Waals surface area contributed by atoms with E-state index in [0.717, 1.165) is 64.6 Å². The number of morpholine rings is 1. The van der Waals surface area contributed by atoms with E-state index in [4.69, 9.17) is 4.74 Å². The summed E-state index contributed by atoms with van der Waals surface area (Å²) in [5.41, 5.74) is 2.86. The molecule has 1 atom stereocenters. The van der Waals surface area contributed by atoms with Crippen molar-refractivity contribution in [1.29, 1.82) is 0 Å². The summed E-state index contributed by atoms with van der Waals surface area (Å²) in [5.74, 6) is 1.01. The number of carbonyl (C=O) groups is 1. The molecule has 0 radical (unpaired) electrons. The van der Waals surface area contributed by atoms with Gasteiger partial charge in [0.1, 0.15) is 0 Å². The second kappa shape index (κ2) is 9.32. The number of H-pyrrole nitrogens is 1. The van der Waals surface area contributed by atoms with Gasteiger partial charge in [-0.15, -0.1) is 10.2 Å². The van der Waals surface area contributed by atoms with Crippen molar-refractivity contribution >= 4 is 11.7 Å². The summed E-state index contributed by atoms with van der Waals surface area (Å²) in [4.78, 5) is 16.6. The van der Waals surface area contributed by atoms with Gasteiger partial charge >= 0.3 is 0 Å². The molecule has 9 heteroatoms. The number of aromatic nitrogens is 4. The second-order valence-electron chi connectivity index (χ2n) is 7.62. The number of nitrogens with one attached hydrogen (secondary N) is 2. The zero-order valence-electron chi connectivity index (χ0n) is 16.9. The van der Waals surface area contributed by atoms with Crippen molar-refractivity contribution in [1.82, 2.24) is 30.6 Å². The predicted molar refractivity (Wildman–Crippen MR) is 109 cm³/mol. The van der Waals surface area contributed by atoms with Gasteiger partial charge in [-0.2, -0.15) is 5.10 Å². The lowest BCUT2D eigenvalue weighted by molar-refractivity contribution is 0.0340. The van der Waals surface area contributed by atoms with Crippen molar-refractivity contribution in [3.8, 4) is 0 Å². The molecule has 2 aliphatic rings. The van der Waals surface area contributed by atoms with Gasteiger partial charge < -0.3 is 15.0 Å². The van der Waals surface area contributed by atoms with Gasteiger partial charge in [0.25, 0.3) is 5.91 Å². The molecule has 4 rings (SSSR count). The van der Waals surface area contributed by atoms with Crippen LogP contribution in [-0.2, 0) is 11.3 Å². The number of nitrogens with zero attached hydrogens (tertiary/aromatic N) is 5. The molecule has 0 bridgehead atoms. The smallest absolute Gasteiger partial charge is 0.271 e. The average Bonchev–Trinajstić information content (AvgIpc) is 3.23. The molecule has 1 amide bonds. The van der Waals surface area contributed by atoms with Gasteiger partial charge in [-0.25, -0.2) is 0 Å². The third-order valence-electron chi connectivity index (χ3n) is 5.62. The lowest BCUT2D eigenvalue weighted by atomic mass is 9.92. The first-order valence-electron chi connectivity index (χ1n) is 10.4. The van der Waals surface area contributed by atoms with Crippen molar-refractivity contribution in [2.75, 3.05) is 50.8 Å². The highest BCUT2D eigenvalue weighted by molar-refractivity contribution is 5.92. The van der Waals surface area contributed by atoms with Crippen LogP contribution in [0.15, 0.2) is 18.3 Å². The Hall–Kier alpha value is -2.52. The van der Waals surface area contributed by atoms with Gasteiger partial charge in [-0.1, -0.05) is 0 Å². The van der Waals surface area contributed by atoms with Crippen LogP contribution < -0.4 is 10.2 Å². The number of ether oxygens (including phenoxy) is 1. The van der Waals surface area contributed by atoms with Crippen molar-refractivity contribution in [3.05, 3.63) is 35.3 Å². The van der Waals surface area contributed by atoms with E-state index in [9.17, 15) is 4.79 Å². The van der Waals surface area contributed by atoms with Gasteiger partial charge in [0.05, 0.1) is 19.4 Å². The van der Waals surface area contributed by atoms with Crippen LogP contribution in [-0.4, -0.2) is 77.1 Å². The first-order chi connectivity index (χ1) is 14.2. The number of hydrogen-bond acceptors (Lipinski definition) is 7. The zero-order chi connectivity index (χ0) is 20.1. The number of amides is 1. The van der Waals surface area contributed by atoms with Crippen LogP contribution in [0.3, 0.4) is 0 Å². The Labute approximate surface area is 170 Å². The first-order valence-corrected chi connectivity index (χ1v) is 10.4. The Morgan fingerprint density at radius 3 is 2.90 bits per heavy atom. The molecule has 2 aromatic heterocycles. The maximum absolute atomic E-state index is 11.9. The largest absolute Gasteiger partial charge is 0.379 e. The fraction of sp³-hybridized carbons (Fsp3) is 0.600.